The van der Waals surface area contributed by atoms with Crippen molar-refractivity contribution in [3.63, 3.8) is 0 Å². The van der Waals surface area contributed by atoms with Gasteiger partial charge in [-0.3, -0.25) is 4.79 Å². The Morgan fingerprint density at radius 3 is 2.33 bits per heavy atom. The predicted octanol–water partition coefficient (Wildman–Crippen LogP) is 1.12. The molecule has 1 aromatic rings. The smallest absolute Gasteiger partial charge is 0.252 e. The molecule has 0 atom stereocenters. The molecular formula is C12H14N2O3S. The van der Waals surface area contributed by atoms with E-state index in [4.69, 9.17) is 5.26 Å². The van der Waals surface area contributed by atoms with Crippen LogP contribution in [0.25, 0.3) is 0 Å². The van der Waals surface area contributed by atoms with Crippen molar-refractivity contribution in [2.45, 2.75) is 24.0 Å². The molecule has 0 aliphatic rings. The highest BCUT2D eigenvalue weighted by molar-refractivity contribution is 7.92. The van der Waals surface area contributed by atoms with Gasteiger partial charge in [0, 0.05) is 5.56 Å². The summed E-state index contributed by atoms with van der Waals surface area (Å²) in [7, 11) is -3.32. The molecule has 0 saturated heterocycles. The summed E-state index contributed by atoms with van der Waals surface area (Å²) in [4.78, 5) is 11.7. The number of hydrogen-bond acceptors (Lipinski definition) is 4. The lowest BCUT2D eigenvalue weighted by Gasteiger charge is -2.08. The third-order valence-electron chi connectivity index (χ3n) is 2.39. The van der Waals surface area contributed by atoms with Gasteiger partial charge in [-0.15, -0.1) is 0 Å². The van der Waals surface area contributed by atoms with Gasteiger partial charge in [-0.05, 0) is 38.1 Å². The molecule has 0 saturated carbocycles. The monoisotopic (exact) mass is 266 g/mol. The number of nitrogens with zero attached hydrogens (tertiary/aromatic N) is 1. The van der Waals surface area contributed by atoms with E-state index in [0.717, 1.165) is 0 Å². The molecule has 0 spiro atoms. The molecule has 1 N–H and O–H groups in total. The Morgan fingerprint density at radius 2 is 1.89 bits per heavy atom. The molecule has 18 heavy (non-hydrogen) atoms. The number of carbonyl (C=O) groups is 1. The van der Waals surface area contributed by atoms with Crippen LogP contribution in [0.1, 0.15) is 24.2 Å². The van der Waals surface area contributed by atoms with Gasteiger partial charge in [-0.2, -0.15) is 5.26 Å². The maximum Gasteiger partial charge on any atom is 0.252 e. The van der Waals surface area contributed by atoms with Crippen molar-refractivity contribution in [2.24, 2.45) is 0 Å². The first-order valence-electron chi connectivity index (χ1n) is 5.38. The third kappa shape index (κ3) is 3.08. The number of benzene rings is 1. The fourth-order valence-electron chi connectivity index (χ4n) is 1.29. The van der Waals surface area contributed by atoms with E-state index in [-0.39, 0.29) is 11.4 Å². The van der Waals surface area contributed by atoms with Gasteiger partial charge in [-0.25, -0.2) is 8.42 Å². The standard InChI is InChI=1S/C12H14N2O3S/c1-9(2)18(16,17)11-5-3-10(4-6-11)12(15)14-8-7-13/h3-6,9H,8H2,1-2H3,(H,14,15). The molecule has 1 rings (SSSR count). The summed E-state index contributed by atoms with van der Waals surface area (Å²) < 4.78 is 23.7. The Morgan fingerprint density at radius 1 is 1.33 bits per heavy atom. The van der Waals surface area contributed by atoms with E-state index in [1.807, 2.05) is 0 Å². The minimum absolute atomic E-state index is 0.0785. The molecule has 0 fully saturated rings. The van der Waals surface area contributed by atoms with E-state index in [1.165, 1.54) is 24.3 Å². The van der Waals surface area contributed by atoms with Crippen LogP contribution in [0.15, 0.2) is 29.2 Å². The van der Waals surface area contributed by atoms with Crippen LogP contribution in [0.4, 0.5) is 0 Å². The van der Waals surface area contributed by atoms with Gasteiger partial charge >= 0.3 is 0 Å². The first-order chi connectivity index (χ1) is 8.39. The lowest BCUT2D eigenvalue weighted by Crippen LogP contribution is -2.23. The Labute approximate surface area is 106 Å². The second-order valence-corrected chi connectivity index (χ2v) is 6.46. The van der Waals surface area contributed by atoms with Gasteiger partial charge < -0.3 is 5.32 Å². The van der Waals surface area contributed by atoms with Crippen molar-refractivity contribution in [2.75, 3.05) is 6.54 Å². The van der Waals surface area contributed by atoms with Crippen LogP contribution in [0.2, 0.25) is 0 Å². The van der Waals surface area contributed by atoms with Crippen LogP contribution < -0.4 is 5.32 Å². The second kappa shape index (κ2) is 5.65. The molecule has 0 aliphatic heterocycles. The first kappa shape index (κ1) is 14.2. The molecule has 0 heterocycles. The van der Waals surface area contributed by atoms with Gasteiger partial charge in [-0.1, -0.05) is 0 Å². The molecular weight excluding hydrogens is 252 g/mol. The topological polar surface area (TPSA) is 87.0 Å². The summed E-state index contributed by atoms with van der Waals surface area (Å²) in [6.07, 6.45) is 0. The van der Waals surface area contributed by atoms with Crippen molar-refractivity contribution < 1.29 is 13.2 Å². The zero-order valence-corrected chi connectivity index (χ0v) is 11.0. The molecule has 96 valence electrons. The van der Waals surface area contributed by atoms with Crippen molar-refractivity contribution >= 4 is 15.7 Å². The zero-order chi connectivity index (χ0) is 13.8. The lowest BCUT2D eigenvalue weighted by molar-refractivity contribution is 0.0958. The molecule has 0 radical (unpaired) electrons. The number of hydrogen-bond donors (Lipinski definition) is 1. The Bertz CT molecular complexity index is 568. The minimum Gasteiger partial charge on any atom is -0.339 e. The highest BCUT2D eigenvalue weighted by Crippen LogP contribution is 2.16. The van der Waals surface area contributed by atoms with Crippen molar-refractivity contribution in [3.05, 3.63) is 29.8 Å². The van der Waals surface area contributed by atoms with Gasteiger partial charge in [0.1, 0.15) is 6.54 Å². The van der Waals surface area contributed by atoms with E-state index in [2.05, 4.69) is 5.32 Å². The SMILES string of the molecule is CC(C)S(=O)(=O)c1ccc(C(=O)NCC#N)cc1. The molecule has 1 amide bonds. The van der Waals surface area contributed by atoms with Crippen molar-refractivity contribution in [3.8, 4) is 6.07 Å². The number of amides is 1. The van der Waals surface area contributed by atoms with Gasteiger partial charge in [0.15, 0.2) is 9.84 Å². The molecule has 1 aromatic carbocycles. The van der Waals surface area contributed by atoms with E-state index < -0.39 is 21.0 Å². The summed E-state index contributed by atoms with van der Waals surface area (Å²) in [5.41, 5.74) is 0.327. The number of nitriles is 1. The summed E-state index contributed by atoms with van der Waals surface area (Å²) in [6.45, 7) is 3.12. The minimum atomic E-state index is -3.32. The third-order valence-corrected chi connectivity index (χ3v) is 4.56. The van der Waals surface area contributed by atoms with Crippen LogP contribution in [0.3, 0.4) is 0 Å². The van der Waals surface area contributed by atoms with Crippen LogP contribution >= 0.6 is 0 Å². The normalized spacial score (nSPS) is 11.0. The summed E-state index contributed by atoms with van der Waals surface area (Å²) in [6, 6.07) is 7.45. The van der Waals surface area contributed by atoms with Crippen LogP contribution in [-0.4, -0.2) is 26.1 Å². The Kier molecular flexibility index (Phi) is 4.45. The number of sulfone groups is 1. The van der Waals surface area contributed by atoms with E-state index >= 15 is 0 Å². The molecule has 0 bridgehead atoms. The molecule has 0 aliphatic carbocycles. The highest BCUT2D eigenvalue weighted by atomic mass is 32.2. The predicted molar refractivity (Wildman–Crippen MR) is 66.7 cm³/mol. The highest BCUT2D eigenvalue weighted by Gasteiger charge is 2.19. The Balaban J connectivity index is 2.94. The molecule has 5 nitrogen and oxygen atoms in total. The quantitative estimate of drug-likeness (QED) is 0.827. The number of nitrogens with one attached hydrogen (secondary N) is 1. The maximum atomic E-state index is 11.8. The van der Waals surface area contributed by atoms with E-state index in [0.29, 0.717) is 5.56 Å². The molecule has 0 unspecified atom stereocenters. The van der Waals surface area contributed by atoms with E-state index in [1.54, 1.807) is 19.9 Å². The fraction of sp³-hybridized carbons (Fsp3) is 0.333. The van der Waals surface area contributed by atoms with Gasteiger partial charge in [0.05, 0.1) is 16.2 Å². The van der Waals surface area contributed by atoms with Crippen molar-refractivity contribution in [1.29, 1.82) is 5.26 Å². The lowest BCUT2D eigenvalue weighted by atomic mass is 10.2. The maximum absolute atomic E-state index is 11.8. The van der Waals surface area contributed by atoms with Crippen LogP contribution in [0, 0.1) is 11.3 Å². The first-order valence-corrected chi connectivity index (χ1v) is 6.93. The average molecular weight is 266 g/mol. The average Bonchev–Trinajstić information content (AvgIpc) is 2.35. The zero-order valence-electron chi connectivity index (χ0n) is 10.2. The van der Waals surface area contributed by atoms with E-state index in [9.17, 15) is 13.2 Å². The summed E-state index contributed by atoms with van der Waals surface area (Å²) in [5, 5.41) is 10.2. The largest absolute Gasteiger partial charge is 0.339 e. The van der Waals surface area contributed by atoms with Crippen LogP contribution in [0.5, 0.6) is 0 Å². The number of rotatable bonds is 4. The molecule has 6 heteroatoms. The second-order valence-electron chi connectivity index (χ2n) is 3.96. The fourth-order valence-corrected chi connectivity index (χ4v) is 2.35. The Hall–Kier alpha value is -1.87. The van der Waals surface area contributed by atoms with Crippen molar-refractivity contribution in [1.82, 2.24) is 5.32 Å². The summed E-state index contributed by atoms with van der Waals surface area (Å²) >= 11 is 0. The number of carbonyl (C=O) groups excluding carboxylic acids is 1. The van der Waals surface area contributed by atoms with Crippen LogP contribution in [-0.2, 0) is 9.84 Å². The van der Waals surface area contributed by atoms with Gasteiger partial charge in [0.2, 0.25) is 0 Å². The molecule has 0 aromatic heterocycles. The van der Waals surface area contributed by atoms with Gasteiger partial charge in [0.25, 0.3) is 5.91 Å². The summed E-state index contributed by atoms with van der Waals surface area (Å²) in [5.74, 6) is -0.398.